The SMILES string of the molecule is CCOC(=O)COc1c(C(=O)OC)sc(-c2ccc(N)cc2)c1Br. The number of carbonyl (C=O) groups excluding carboxylic acids is 2. The molecule has 0 aliphatic carbocycles. The molecule has 0 amide bonds. The number of carbonyl (C=O) groups is 2. The minimum Gasteiger partial charge on any atom is -0.479 e. The third-order valence-corrected chi connectivity index (χ3v) is 5.21. The molecule has 0 saturated carbocycles. The lowest BCUT2D eigenvalue weighted by molar-refractivity contribution is -0.145. The molecule has 0 aliphatic rings. The van der Waals surface area contributed by atoms with Crippen molar-refractivity contribution in [1.29, 1.82) is 0 Å². The normalized spacial score (nSPS) is 10.3. The Morgan fingerprint density at radius 1 is 1.25 bits per heavy atom. The molecule has 0 bridgehead atoms. The van der Waals surface area contributed by atoms with E-state index in [1.165, 1.54) is 18.4 Å². The van der Waals surface area contributed by atoms with Crippen LogP contribution in [0.1, 0.15) is 16.6 Å². The number of anilines is 1. The van der Waals surface area contributed by atoms with Crippen LogP contribution < -0.4 is 10.5 Å². The number of ether oxygens (including phenoxy) is 3. The molecule has 0 saturated heterocycles. The van der Waals surface area contributed by atoms with Gasteiger partial charge in [0.25, 0.3) is 0 Å². The van der Waals surface area contributed by atoms with Crippen LogP contribution in [0.3, 0.4) is 0 Å². The highest BCUT2D eigenvalue weighted by Crippen LogP contribution is 2.46. The molecule has 0 fully saturated rings. The Bertz CT molecular complexity index is 742. The van der Waals surface area contributed by atoms with Crippen LogP contribution in [0.15, 0.2) is 28.7 Å². The lowest BCUT2D eigenvalue weighted by Gasteiger charge is -2.07. The van der Waals surface area contributed by atoms with Crippen LogP contribution in [-0.2, 0) is 14.3 Å². The van der Waals surface area contributed by atoms with Crippen LogP contribution in [0.5, 0.6) is 5.75 Å². The van der Waals surface area contributed by atoms with Crippen molar-refractivity contribution in [2.24, 2.45) is 0 Å². The summed E-state index contributed by atoms with van der Waals surface area (Å²) in [5.74, 6) is -0.798. The number of nitrogen functional groups attached to an aromatic ring is 1. The van der Waals surface area contributed by atoms with Gasteiger partial charge in [-0.05, 0) is 40.5 Å². The fourth-order valence-electron chi connectivity index (χ4n) is 1.91. The van der Waals surface area contributed by atoms with Crippen molar-refractivity contribution >= 4 is 44.9 Å². The maximum atomic E-state index is 12.0. The molecule has 0 aliphatic heterocycles. The predicted molar refractivity (Wildman–Crippen MR) is 95.3 cm³/mol. The number of thiophene rings is 1. The Morgan fingerprint density at radius 3 is 2.50 bits per heavy atom. The van der Waals surface area contributed by atoms with Crippen LogP contribution in [0, 0.1) is 0 Å². The number of nitrogens with two attached hydrogens (primary N) is 1. The molecular formula is C16H16BrNO5S. The van der Waals surface area contributed by atoms with Gasteiger partial charge in [-0.25, -0.2) is 9.59 Å². The number of esters is 2. The fourth-order valence-corrected chi connectivity index (χ4v) is 3.88. The fraction of sp³-hybridized carbons (Fsp3) is 0.250. The van der Waals surface area contributed by atoms with E-state index in [9.17, 15) is 9.59 Å². The van der Waals surface area contributed by atoms with Crippen LogP contribution in [-0.4, -0.2) is 32.3 Å². The largest absolute Gasteiger partial charge is 0.479 e. The van der Waals surface area contributed by atoms with Crippen LogP contribution in [0.4, 0.5) is 5.69 Å². The number of hydrogen-bond donors (Lipinski definition) is 1. The van der Waals surface area contributed by atoms with Gasteiger partial charge in [-0.15, -0.1) is 11.3 Å². The quantitative estimate of drug-likeness (QED) is 0.575. The van der Waals surface area contributed by atoms with Crippen molar-refractivity contribution in [1.82, 2.24) is 0 Å². The Kier molecular flexibility index (Phi) is 6.22. The number of methoxy groups -OCH3 is 1. The third kappa shape index (κ3) is 4.07. The Labute approximate surface area is 151 Å². The third-order valence-electron chi connectivity index (χ3n) is 2.99. The highest BCUT2D eigenvalue weighted by Gasteiger charge is 2.25. The molecule has 2 N–H and O–H groups in total. The first-order chi connectivity index (χ1) is 11.5. The van der Waals surface area contributed by atoms with E-state index in [2.05, 4.69) is 15.9 Å². The number of rotatable bonds is 6. The van der Waals surface area contributed by atoms with Gasteiger partial charge >= 0.3 is 11.9 Å². The van der Waals surface area contributed by atoms with Gasteiger partial charge in [0.2, 0.25) is 0 Å². The molecule has 8 heteroatoms. The molecule has 0 spiro atoms. The monoisotopic (exact) mass is 413 g/mol. The highest BCUT2D eigenvalue weighted by atomic mass is 79.9. The second kappa shape index (κ2) is 8.16. The number of benzene rings is 1. The Hall–Kier alpha value is -2.06. The van der Waals surface area contributed by atoms with E-state index in [1.54, 1.807) is 19.1 Å². The average Bonchev–Trinajstić information content (AvgIpc) is 2.90. The van der Waals surface area contributed by atoms with Gasteiger partial charge in [0, 0.05) is 5.69 Å². The summed E-state index contributed by atoms with van der Waals surface area (Å²) in [4.78, 5) is 24.5. The van der Waals surface area contributed by atoms with Crippen molar-refractivity contribution in [3.05, 3.63) is 33.6 Å². The van der Waals surface area contributed by atoms with E-state index >= 15 is 0 Å². The van der Waals surface area contributed by atoms with Gasteiger partial charge in [-0.1, -0.05) is 12.1 Å². The summed E-state index contributed by atoms with van der Waals surface area (Å²) in [6.07, 6.45) is 0. The first kappa shape index (κ1) is 18.3. The molecule has 1 aromatic carbocycles. The summed E-state index contributed by atoms with van der Waals surface area (Å²) >= 11 is 4.64. The van der Waals surface area contributed by atoms with Gasteiger partial charge < -0.3 is 19.9 Å². The summed E-state index contributed by atoms with van der Waals surface area (Å²) in [5.41, 5.74) is 7.19. The maximum Gasteiger partial charge on any atom is 0.351 e. The van der Waals surface area contributed by atoms with Gasteiger partial charge in [0.1, 0.15) is 0 Å². The highest BCUT2D eigenvalue weighted by molar-refractivity contribution is 9.10. The molecular weight excluding hydrogens is 398 g/mol. The minimum atomic E-state index is -0.541. The number of hydrogen-bond acceptors (Lipinski definition) is 7. The summed E-state index contributed by atoms with van der Waals surface area (Å²) in [5, 5.41) is 0. The van der Waals surface area contributed by atoms with E-state index in [-0.39, 0.29) is 23.8 Å². The summed E-state index contributed by atoms with van der Waals surface area (Å²) in [6.45, 7) is 1.67. The second-order valence-corrected chi connectivity index (χ2v) is 6.42. The summed E-state index contributed by atoms with van der Waals surface area (Å²) < 4.78 is 15.7. The topological polar surface area (TPSA) is 87.8 Å². The maximum absolute atomic E-state index is 12.0. The molecule has 128 valence electrons. The van der Waals surface area contributed by atoms with E-state index in [0.29, 0.717) is 10.2 Å². The molecule has 1 heterocycles. The smallest absolute Gasteiger partial charge is 0.351 e. The molecule has 1 aromatic heterocycles. The second-order valence-electron chi connectivity index (χ2n) is 4.61. The molecule has 24 heavy (non-hydrogen) atoms. The predicted octanol–water partition coefficient (Wildman–Crippen LogP) is 3.49. The van der Waals surface area contributed by atoms with E-state index in [1.807, 2.05) is 12.1 Å². The Balaban J connectivity index is 2.38. The summed E-state index contributed by atoms with van der Waals surface area (Å²) in [7, 11) is 1.29. The molecule has 0 atom stereocenters. The molecule has 0 radical (unpaired) electrons. The van der Waals surface area contributed by atoms with E-state index in [0.717, 1.165) is 10.4 Å². The van der Waals surface area contributed by atoms with Gasteiger partial charge in [0.05, 0.1) is 23.1 Å². The lowest BCUT2D eigenvalue weighted by Crippen LogP contribution is -2.15. The van der Waals surface area contributed by atoms with Crippen molar-refractivity contribution < 1.29 is 23.8 Å². The first-order valence-electron chi connectivity index (χ1n) is 7.02. The Morgan fingerprint density at radius 2 is 1.92 bits per heavy atom. The zero-order valence-corrected chi connectivity index (χ0v) is 15.5. The average molecular weight is 414 g/mol. The minimum absolute atomic E-state index is 0.256. The van der Waals surface area contributed by atoms with Crippen LogP contribution in [0.2, 0.25) is 0 Å². The van der Waals surface area contributed by atoms with Crippen molar-refractivity contribution in [2.75, 3.05) is 26.1 Å². The van der Waals surface area contributed by atoms with E-state index < -0.39 is 11.9 Å². The molecule has 0 unspecified atom stereocenters. The first-order valence-corrected chi connectivity index (χ1v) is 8.63. The number of halogens is 1. The zero-order chi connectivity index (χ0) is 17.7. The lowest BCUT2D eigenvalue weighted by atomic mass is 10.2. The molecule has 2 aromatic rings. The standard InChI is InChI=1S/C16H16BrNO5S/c1-3-22-11(19)8-23-13-12(17)14(24-15(13)16(20)21-2)9-4-6-10(18)7-5-9/h4-7H,3,8,18H2,1-2H3. The van der Waals surface area contributed by atoms with Crippen molar-refractivity contribution in [3.8, 4) is 16.2 Å². The zero-order valence-electron chi connectivity index (χ0n) is 13.1. The molecule has 6 nitrogen and oxygen atoms in total. The molecule has 2 rings (SSSR count). The van der Waals surface area contributed by atoms with Gasteiger partial charge in [-0.2, -0.15) is 0 Å². The van der Waals surface area contributed by atoms with Crippen molar-refractivity contribution in [2.45, 2.75) is 6.92 Å². The van der Waals surface area contributed by atoms with Gasteiger partial charge in [0.15, 0.2) is 17.2 Å². The summed E-state index contributed by atoms with van der Waals surface area (Å²) in [6, 6.07) is 7.20. The van der Waals surface area contributed by atoms with Crippen molar-refractivity contribution in [3.63, 3.8) is 0 Å². The van der Waals surface area contributed by atoms with Crippen LogP contribution >= 0.6 is 27.3 Å². The van der Waals surface area contributed by atoms with Crippen LogP contribution in [0.25, 0.3) is 10.4 Å². The van der Waals surface area contributed by atoms with E-state index in [4.69, 9.17) is 19.9 Å². The van der Waals surface area contributed by atoms with Gasteiger partial charge in [-0.3, -0.25) is 0 Å².